The molecule has 0 saturated heterocycles. The van der Waals surface area contributed by atoms with Gasteiger partial charge in [-0.1, -0.05) is 13.8 Å². The lowest BCUT2D eigenvalue weighted by Crippen LogP contribution is -2.05. The Kier molecular flexibility index (Phi) is 3.43. The molecule has 92 valence electrons. The molecule has 0 aliphatic rings. The van der Waals surface area contributed by atoms with E-state index in [0.29, 0.717) is 12.5 Å². The van der Waals surface area contributed by atoms with Gasteiger partial charge in [-0.15, -0.1) is 0 Å². The second-order valence-corrected chi connectivity index (χ2v) is 4.89. The molecule has 4 heteroatoms. The Labute approximate surface area is 102 Å². The maximum Gasteiger partial charge on any atom is 0.141 e. The third kappa shape index (κ3) is 2.47. The molecule has 0 atom stereocenters. The van der Waals surface area contributed by atoms with Gasteiger partial charge in [-0.25, -0.2) is 9.97 Å². The van der Waals surface area contributed by atoms with Crippen LogP contribution < -0.4 is 5.73 Å². The van der Waals surface area contributed by atoms with Crippen molar-refractivity contribution < 1.29 is 0 Å². The lowest BCUT2D eigenvalue weighted by Gasteiger charge is -2.08. The maximum absolute atomic E-state index is 5.64. The van der Waals surface area contributed by atoms with Crippen molar-refractivity contribution in [3.63, 3.8) is 0 Å². The highest BCUT2D eigenvalue weighted by molar-refractivity contribution is 5.82. The van der Waals surface area contributed by atoms with E-state index in [1.165, 1.54) is 10.9 Å². The lowest BCUT2D eigenvalue weighted by atomic mass is 10.0. The van der Waals surface area contributed by atoms with Crippen molar-refractivity contribution >= 4 is 11.0 Å². The third-order valence-electron chi connectivity index (χ3n) is 2.82. The summed E-state index contributed by atoms with van der Waals surface area (Å²) >= 11 is 0. The molecule has 17 heavy (non-hydrogen) atoms. The standard InChI is InChI=1S/C13H20N4/c1-8(2)6-11-12-10(4-5-14)7-15-13(12)17-9(3)16-11/h7-8H,4-6,14H2,1-3H3,(H,15,16,17). The predicted molar refractivity (Wildman–Crippen MR) is 69.9 cm³/mol. The fraction of sp³-hybridized carbons (Fsp3) is 0.538. The predicted octanol–water partition coefficient (Wildman–Crippen LogP) is 1.97. The first-order chi connectivity index (χ1) is 8.11. The molecular formula is C13H20N4. The molecule has 0 aliphatic heterocycles. The molecule has 2 aromatic rings. The number of rotatable bonds is 4. The summed E-state index contributed by atoms with van der Waals surface area (Å²) in [5.74, 6) is 1.42. The molecule has 2 rings (SSSR count). The highest BCUT2D eigenvalue weighted by Crippen LogP contribution is 2.22. The summed E-state index contributed by atoms with van der Waals surface area (Å²) in [7, 11) is 0. The van der Waals surface area contributed by atoms with Crippen molar-refractivity contribution in [2.24, 2.45) is 11.7 Å². The minimum atomic E-state index is 0.591. The quantitative estimate of drug-likeness (QED) is 0.846. The van der Waals surface area contributed by atoms with Gasteiger partial charge in [0.1, 0.15) is 11.5 Å². The fourth-order valence-corrected chi connectivity index (χ4v) is 2.19. The van der Waals surface area contributed by atoms with Crippen LogP contribution in [-0.4, -0.2) is 21.5 Å². The molecule has 0 aromatic carbocycles. The van der Waals surface area contributed by atoms with E-state index < -0.39 is 0 Å². The summed E-state index contributed by atoms with van der Waals surface area (Å²) in [6.45, 7) is 7.01. The number of fused-ring (bicyclic) bond motifs is 1. The second kappa shape index (κ2) is 4.84. The number of H-pyrrole nitrogens is 1. The minimum absolute atomic E-state index is 0.591. The largest absolute Gasteiger partial charge is 0.346 e. The third-order valence-corrected chi connectivity index (χ3v) is 2.82. The van der Waals surface area contributed by atoms with Gasteiger partial charge >= 0.3 is 0 Å². The van der Waals surface area contributed by atoms with Crippen molar-refractivity contribution in [3.8, 4) is 0 Å². The highest BCUT2D eigenvalue weighted by Gasteiger charge is 2.12. The van der Waals surface area contributed by atoms with E-state index >= 15 is 0 Å². The summed E-state index contributed by atoms with van der Waals surface area (Å²) in [6.07, 6.45) is 3.86. The molecule has 0 unspecified atom stereocenters. The van der Waals surface area contributed by atoms with Crippen LogP contribution in [0.1, 0.15) is 30.9 Å². The van der Waals surface area contributed by atoms with Crippen LogP contribution in [0.25, 0.3) is 11.0 Å². The average Bonchev–Trinajstić information content (AvgIpc) is 2.61. The number of hydrogen-bond donors (Lipinski definition) is 2. The molecule has 0 bridgehead atoms. The Bertz CT molecular complexity index is 513. The van der Waals surface area contributed by atoms with Crippen molar-refractivity contribution in [1.82, 2.24) is 15.0 Å². The second-order valence-electron chi connectivity index (χ2n) is 4.89. The number of nitrogens with two attached hydrogens (primary N) is 1. The Morgan fingerprint density at radius 2 is 2.12 bits per heavy atom. The average molecular weight is 232 g/mol. The van der Waals surface area contributed by atoms with E-state index in [2.05, 4.69) is 28.8 Å². The first kappa shape index (κ1) is 12.0. The van der Waals surface area contributed by atoms with E-state index in [4.69, 9.17) is 5.73 Å². The molecule has 4 nitrogen and oxygen atoms in total. The van der Waals surface area contributed by atoms with Crippen LogP contribution in [-0.2, 0) is 12.8 Å². The van der Waals surface area contributed by atoms with Gasteiger partial charge in [-0.3, -0.25) is 0 Å². The van der Waals surface area contributed by atoms with Crippen LogP contribution in [0, 0.1) is 12.8 Å². The summed E-state index contributed by atoms with van der Waals surface area (Å²) in [5.41, 5.74) is 8.96. The molecule has 0 saturated carbocycles. The van der Waals surface area contributed by atoms with Gasteiger partial charge in [0, 0.05) is 11.6 Å². The van der Waals surface area contributed by atoms with Gasteiger partial charge in [-0.2, -0.15) is 0 Å². The van der Waals surface area contributed by atoms with Gasteiger partial charge in [0.25, 0.3) is 0 Å². The minimum Gasteiger partial charge on any atom is -0.346 e. The Balaban J connectivity index is 2.56. The van der Waals surface area contributed by atoms with Crippen LogP contribution in [0.15, 0.2) is 6.20 Å². The van der Waals surface area contributed by atoms with Crippen LogP contribution in [0.5, 0.6) is 0 Å². The van der Waals surface area contributed by atoms with E-state index in [1.54, 1.807) is 0 Å². The zero-order valence-electron chi connectivity index (χ0n) is 10.7. The first-order valence-corrected chi connectivity index (χ1v) is 6.15. The van der Waals surface area contributed by atoms with Crippen molar-refractivity contribution in [3.05, 3.63) is 23.3 Å². The molecule has 2 aromatic heterocycles. The van der Waals surface area contributed by atoms with Crippen molar-refractivity contribution in [1.29, 1.82) is 0 Å². The Morgan fingerprint density at radius 1 is 1.35 bits per heavy atom. The summed E-state index contributed by atoms with van der Waals surface area (Å²) < 4.78 is 0. The topological polar surface area (TPSA) is 67.6 Å². The molecule has 0 spiro atoms. The first-order valence-electron chi connectivity index (χ1n) is 6.15. The van der Waals surface area contributed by atoms with E-state index in [-0.39, 0.29) is 0 Å². The highest BCUT2D eigenvalue weighted by atomic mass is 14.9. The number of aromatic amines is 1. The molecule has 3 N–H and O–H groups in total. The zero-order chi connectivity index (χ0) is 12.4. The molecular weight excluding hydrogens is 212 g/mol. The molecule has 0 fully saturated rings. The lowest BCUT2D eigenvalue weighted by molar-refractivity contribution is 0.636. The normalized spacial score (nSPS) is 11.6. The van der Waals surface area contributed by atoms with Gasteiger partial charge in [0.2, 0.25) is 0 Å². The number of aromatic nitrogens is 3. The zero-order valence-corrected chi connectivity index (χ0v) is 10.7. The summed E-state index contributed by atoms with van der Waals surface area (Å²) in [4.78, 5) is 12.2. The Hall–Kier alpha value is -1.42. The molecule has 2 heterocycles. The van der Waals surface area contributed by atoms with Crippen LogP contribution in [0.2, 0.25) is 0 Å². The van der Waals surface area contributed by atoms with Gasteiger partial charge in [-0.05, 0) is 37.8 Å². The number of aryl methyl sites for hydroxylation is 1. The maximum atomic E-state index is 5.64. The van der Waals surface area contributed by atoms with Gasteiger partial charge < -0.3 is 10.7 Å². The van der Waals surface area contributed by atoms with E-state index in [9.17, 15) is 0 Å². The summed E-state index contributed by atoms with van der Waals surface area (Å²) in [6, 6.07) is 0. The van der Waals surface area contributed by atoms with Crippen LogP contribution in [0.3, 0.4) is 0 Å². The smallest absolute Gasteiger partial charge is 0.141 e. The number of nitrogens with one attached hydrogen (secondary N) is 1. The van der Waals surface area contributed by atoms with Crippen molar-refractivity contribution in [2.75, 3.05) is 6.54 Å². The molecule has 0 radical (unpaired) electrons. The molecule has 0 aliphatic carbocycles. The Morgan fingerprint density at radius 3 is 2.76 bits per heavy atom. The molecule has 0 amide bonds. The SMILES string of the molecule is Cc1nc(CC(C)C)c2c(CCN)c[nH]c2n1. The van der Waals surface area contributed by atoms with Gasteiger partial charge in [0.05, 0.1) is 5.69 Å². The van der Waals surface area contributed by atoms with Crippen molar-refractivity contribution in [2.45, 2.75) is 33.6 Å². The number of hydrogen-bond acceptors (Lipinski definition) is 3. The monoisotopic (exact) mass is 232 g/mol. The fourth-order valence-electron chi connectivity index (χ4n) is 2.19. The summed E-state index contributed by atoms with van der Waals surface area (Å²) in [5, 5.41) is 1.18. The number of nitrogens with zero attached hydrogens (tertiary/aromatic N) is 2. The van der Waals surface area contributed by atoms with E-state index in [0.717, 1.165) is 30.0 Å². The van der Waals surface area contributed by atoms with Gasteiger partial charge in [0.15, 0.2) is 0 Å². The van der Waals surface area contributed by atoms with Crippen LogP contribution in [0.4, 0.5) is 0 Å². The van der Waals surface area contributed by atoms with Crippen LogP contribution >= 0.6 is 0 Å². The van der Waals surface area contributed by atoms with E-state index in [1.807, 2.05) is 13.1 Å².